The third-order valence-electron chi connectivity index (χ3n) is 3.76. The maximum absolute atomic E-state index is 10.0. The molecule has 0 unspecified atom stereocenters. The standard InChI is InChI=1S/C19H24O2/c20-18(13-11-16-7-3-1-4-8-16)15-19(21)14-12-17-9-5-2-6-10-17/h1-10,18-21H,11-15H2/t18-,19+. The molecule has 0 fully saturated rings. The van der Waals surface area contributed by atoms with Gasteiger partial charge in [-0.1, -0.05) is 60.7 Å². The number of hydrogen-bond acceptors (Lipinski definition) is 2. The molecule has 2 heteroatoms. The van der Waals surface area contributed by atoms with Crippen LogP contribution < -0.4 is 0 Å². The van der Waals surface area contributed by atoms with Gasteiger partial charge >= 0.3 is 0 Å². The highest BCUT2D eigenvalue weighted by atomic mass is 16.3. The van der Waals surface area contributed by atoms with Crippen molar-refractivity contribution in [1.29, 1.82) is 0 Å². The Labute approximate surface area is 127 Å². The molecule has 0 spiro atoms. The Balaban J connectivity index is 1.66. The molecular formula is C19H24O2. The van der Waals surface area contributed by atoms with E-state index in [0.717, 1.165) is 12.8 Å². The summed E-state index contributed by atoms with van der Waals surface area (Å²) in [6.07, 6.45) is 2.70. The number of rotatable bonds is 8. The summed E-state index contributed by atoms with van der Waals surface area (Å²) in [5.74, 6) is 0. The molecule has 21 heavy (non-hydrogen) atoms. The molecule has 0 aliphatic heterocycles. The molecule has 2 rings (SSSR count). The summed E-state index contributed by atoms with van der Waals surface area (Å²) in [5, 5.41) is 20.0. The molecule has 0 aliphatic carbocycles. The van der Waals surface area contributed by atoms with Crippen molar-refractivity contribution in [2.45, 2.75) is 44.3 Å². The van der Waals surface area contributed by atoms with E-state index >= 15 is 0 Å². The normalized spacial score (nSPS) is 13.8. The molecule has 0 aromatic heterocycles. The second-order valence-corrected chi connectivity index (χ2v) is 5.59. The smallest absolute Gasteiger partial charge is 0.0568 e. The summed E-state index contributed by atoms with van der Waals surface area (Å²) >= 11 is 0. The highest BCUT2D eigenvalue weighted by molar-refractivity contribution is 5.15. The van der Waals surface area contributed by atoms with Crippen LogP contribution in [0.3, 0.4) is 0 Å². The molecule has 0 saturated carbocycles. The van der Waals surface area contributed by atoms with E-state index < -0.39 is 12.2 Å². The van der Waals surface area contributed by atoms with Crippen LogP contribution in [0.4, 0.5) is 0 Å². The van der Waals surface area contributed by atoms with E-state index in [0.29, 0.717) is 19.3 Å². The Morgan fingerprint density at radius 1 is 0.619 bits per heavy atom. The van der Waals surface area contributed by atoms with Gasteiger partial charge in [0, 0.05) is 0 Å². The fourth-order valence-corrected chi connectivity index (χ4v) is 2.51. The van der Waals surface area contributed by atoms with E-state index in [1.165, 1.54) is 11.1 Å². The predicted octanol–water partition coefficient (Wildman–Crippen LogP) is 3.36. The zero-order valence-electron chi connectivity index (χ0n) is 12.4. The first-order valence-corrected chi connectivity index (χ1v) is 7.68. The van der Waals surface area contributed by atoms with Gasteiger partial charge in [-0.15, -0.1) is 0 Å². The lowest BCUT2D eigenvalue weighted by atomic mass is 9.99. The van der Waals surface area contributed by atoms with Crippen molar-refractivity contribution in [2.24, 2.45) is 0 Å². The molecule has 0 amide bonds. The topological polar surface area (TPSA) is 40.5 Å². The lowest BCUT2D eigenvalue weighted by Crippen LogP contribution is -2.19. The second kappa shape index (κ2) is 8.60. The first-order valence-electron chi connectivity index (χ1n) is 7.68. The quantitative estimate of drug-likeness (QED) is 0.780. The van der Waals surface area contributed by atoms with Gasteiger partial charge in [0.05, 0.1) is 12.2 Å². The van der Waals surface area contributed by atoms with Crippen LogP contribution in [0.5, 0.6) is 0 Å². The van der Waals surface area contributed by atoms with E-state index in [4.69, 9.17) is 0 Å². The highest BCUT2D eigenvalue weighted by Gasteiger charge is 2.12. The Hall–Kier alpha value is -1.64. The molecular weight excluding hydrogens is 260 g/mol. The number of hydrogen-bond donors (Lipinski definition) is 2. The summed E-state index contributed by atoms with van der Waals surface area (Å²) in [6, 6.07) is 20.3. The minimum Gasteiger partial charge on any atom is -0.393 e. The molecule has 0 saturated heterocycles. The minimum atomic E-state index is -0.434. The van der Waals surface area contributed by atoms with Crippen LogP contribution in [-0.2, 0) is 12.8 Å². The SMILES string of the molecule is O[C@H](CCc1ccccc1)C[C@@H](O)CCc1ccccc1. The summed E-state index contributed by atoms with van der Waals surface area (Å²) < 4.78 is 0. The van der Waals surface area contributed by atoms with Crippen molar-refractivity contribution in [1.82, 2.24) is 0 Å². The van der Waals surface area contributed by atoms with E-state index in [2.05, 4.69) is 24.3 Å². The summed E-state index contributed by atoms with van der Waals surface area (Å²) in [4.78, 5) is 0. The number of aryl methyl sites for hydroxylation is 2. The van der Waals surface area contributed by atoms with Crippen molar-refractivity contribution < 1.29 is 10.2 Å². The molecule has 2 nitrogen and oxygen atoms in total. The van der Waals surface area contributed by atoms with Crippen LogP contribution in [0.25, 0.3) is 0 Å². The van der Waals surface area contributed by atoms with Crippen molar-refractivity contribution in [2.75, 3.05) is 0 Å². The van der Waals surface area contributed by atoms with Crippen molar-refractivity contribution >= 4 is 0 Å². The lowest BCUT2D eigenvalue weighted by molar-refractivity contribution is 0.0714. The largest absolute Gasteiger partial charge is 0.393 e. The average Bonchev–Trinajstić information content (AvgIpc) is 2.53. The Bertz CT molecular complexity index is 448. The maximum atomic E-state index is 10.0. The summed E-state index contributed by atoms with van der Waals surface area (Å²) in [5.41, 5.74) is 2.46. The van der Waals surface area contributed by atoms with Gasteiger partial charge in [-0.3, -0.25) is 0 Å². The lowest BCUT2D eigenvalue weighted by Gasteiger charge is -2.15. The zero-order chi connectivity index (χ0) is 14.9. The minimum absolute atomic E-state index is 0.434. The predicted molar refractivity (Wildman–Crippen MR) is 86.2 cm³/mol. The average molecular weight is 284 g/mol. The van der Waals surface area contributed by atoms with Gasteiger partial charge in [0.25, 0.3) is 0 Å². The third-order valence-corrected chi connectivity index (χ3v) is 3.76. The third kappa shape index (κ3) is 6.11. The van der Waals surface area contributed by atoms with Crippen molar-refractivity contribution in [3.8, 4) is 0 Å². The Morgan fingerprint density at radius 2 is 1.00 bits per heavy atom. The summed E-state index contributed by atoms with van der Waals surface area (Å²) in [7, 11) is 0. The van der Waals surface area contributed by atoms with E-state index in [9.17, 15) is 10.2 Å². The van der Waals surface area contributed by atoms with Gasteiger partial charge in [0.2, 0.25) is 0 Å². The molecule has 0 aliphatic rings. The van der Waals surface area contributed by atoms with Crippen LogP contribution in [0.1, 0.15) is 30.4 Å². The zero-order valence-corrected chi connectivity index (χ0v) is 12.4. The number of aliphatic hydroxyl groups excluding tert-OH is 2. The van der Waals surface area contributed by atoms with Crippen LogP contribution in [0, 0.1) is 0 Å². The fraction of sp³-hybridized carbons (Fsp3) is 0.368. The van der Waals surface area contributed by atoms with Gasteiger partial charge in [-0.2, -0.15) is 0 Å². The summed E-state index contributed by atoms with van der Waals surface area (Å²) in [6.45, 7) is 0. The van der Waals surface area contributed by atoms with Gasteiger partial charge in [-0.25, -0.2) is 0 Å². The fourth-order valence-electron chi connectivity index (χ4n) is 2.51. The van der Waals surface area contributed by atoms with Crippen LogP contribution in [-0.4, -0.2) is 22.4 Å². The molecule has 0 radical (unpaired) electrons. The van der Waals surface area contributed by atoms with E-state index in [1.54, 1.807) is 0 Å². The van der Waals surface area contributed by atoms with Gasteiger partial charge in [0.15, 0.2) is 0 Å². The Morgan fingerprint density at radius 3 is 1.38 bits per heavy atom. The van der Waals surface area contributed by atoms with Crippen molar-refractivity contribution in [3.63, 3.8) is 0 Å². The number of benzene rings is 2. The molecule has 2 aromatic rings. The van der Waals surface area contributed by atoms with Gasteiger partial charge in [0.1, 0.15) is 0 Å². The second-order valence-electron chi connectivity index (χ2n) is 5.59. The van der Waals surface area contributed by atoms with Crippen LogP contribution >= 0.6 is 0 Å². The van der Waals surface area contributed by atoms with Crippen LogP contribution in [0.2, 0.25) is 0 Å². The first-order chi connectivity index (χ1) is 10.2. The first kappa shape index (κ1) is 15.7. The van der Waals surface area contributed by atoms with Crippen LogP contribution in [0.15, 0.2) is 60.7 Å². The molecule has 0 heterocycles. The molecule has 112 valence electrons. The molecule has 2 aromatic carbocycles. The molecule has 2 N–H and O–H groups in total. The van der Waals surface area contributed by atoms with Gasteiger partial charge < -0.3 is 10.2 Å². The Kier molecular flexibility index (Phi) is 6.45. The maximum Gasteiger partial charge on any atom is 0.0568 e. The van der Waals surface area contributed by atoms with Gasteiger partial charge in [-0.05, 0) is 43.2 Å². The number of aliphatic hydroxyl groups is 2. The monoisotopic (exact) mass is 284 g/mol. The van der Waals surface area contributed by atoms with E-state index in [1.807, 2.05) is 36.4 Å². The van der Waals surface area contributed by atoms with Crippen molar-refractivity contribution in [3.05, 3.63) is 71.8 Å². The molecule has 2 atom stereocenters. The van der Waals surface area contributed by atoms with E-state index in [-0.39, 0.29) is 0 Å². The highest BCUT2D eigenvalue weighted by Crippen LogP contribution is 2.12. The molecule has 0 bridgehead atoms.